The van der Waals surface area contributed by atoms with Crippen LogP contribution in [0.2, 0.25) is 0 Å². The van der Waals surface area contributed by atoms with Gasteiger partial charge in [0.05, 0.1) is 14.2 Å². The highest BCUT2D eigenvalue weighted by Crippen LogP contribution is 2.26. The summed E-state index contributed by atoms with van der Waals surface area (Å²) in [6.07, 6.45) is 4.91. The quantitative estimate of drug-likeness (QED) is 0.415. The van der Waals surface area contributed by atoms with Crippen molar-refractivity contribution in [3.8, 4) is 17.2 Å². The van der Waals surface area contributed by atoms with Crippen molar-refractivity contribution in [2.75, 3.05) is 20.8 Å². The Morgan fingerprint density at radius 3 is 2.33 bits per heavy atom. The normalized spacial score (nSPS) is 10.4. The molecule has 2 aromatic carbocycles. The molecule has 0 bridgehead atoms. The molecule has 4 nitrogen and oxygen atoms in total. The van der Waals surface area contributed by atoms with E-state index in [1.807, 2.05) is 12.1 Å². The predicted octanol–water partition coefficient (Wildman–Crippen LogP) is 4.16. The number of ether oxygens (including phenoxy) is 3. The molecule has 0 aromatic heterocycles. The van der Waals surface area contributed by atoms with Crippen molar-refractivity contribution >= 4 is 11.9 Å². The van der Waals surface area contributed by atoms with Crippen LogP contribution in [-0.4, -0.2) is 26.6 Å². The molecule has 0 N–H and O–H groups in total. The molecular formula is C20H20O4. The highest BCUT2D eigenvalue weighted by atomic mass is 16.5. The smallest absolute Gasteiger partial charge is 0.185 e. The largest absolute Gasteiger partial charge is 0.497 e. The van der Waals surface area contributed by atoms with Crippen LogP contribution < -0.4 is 14.2 Å². The molecule has 2 aromatic rings. The number of carbonyl (C=O) groups excluding carboxylic acids is 1. The Hall–Kier alpha value is -3.01. The van der Waals surface area contributed by atoms with Gasteiger partial charge in [0.25, 0.3) is 0 Å². The maximum absolute atomic E-state index is 12.3. The first kappa shape index (κ1) is 17.3. The summed E-state index contributed by atoms with van der Waals surface area (Å²) >= 11 is 0. The number of hydrogen-bond acceptors (Lipinski definition) is 4. The van der Waals surface area contributed by atoms with Crippen molar-refractivity contribution in [1.29, 1.82) is 0 Å². The van der Waals surface area contributed by atoms with E-state index in [1.54, 1.807) is 56.7 Å². The zero-order chi connectivity index (χ0) is 17.4. The van der Waals surface area contributed by atoms with Gasteiger partial charge in [0.15, 0.2) is 5.78 Å². The van der Waals surface area contributed by atoms with Gasteiger partial charge in [-0.3, -0.25) is 4.79 Å². The highest BCUT2D eigenvalue weighted by Gasteiger charge is 2.06. The molecule has 0 amide bonds. The maximum Gasteiger partial charge on any atom is 0.185 e. The highest BCUT2D eigenvalue weighted by molar-refractivity contribution is 6.07. The Labute approximate surface area is 142 Å². The van der Waals surface area contributed by atoms with E-state index in [1.165, 1.54) is 6.08 Å². The third kappa shape index (κ3) is 4.49. The van der Waals surface area contributed by atoms with Gasteiger partial charge in [-0.05, 0) is 48.6 Å². The van der Waals surface area contributed by atoms with E-state index in [4.69, 9.17) is 14.2 Å². The van der Waals surface area contributed by atoms with E-state index in [0.29, 0.717) is 29.4 Å². The molecular weight excluding hydrogens is 304 g/mol. The molecule has 0 fully saturated rings. The van der Waals surface area contributed by atoms with Crippen LogP contribution in [0.3, 0.4) is 0 Å². The second kappa shape index (κ2) is 8.58. The summed E-state index contributed by atoms with van der Waals surface area (Å²) in [6, 6.07) is 12.4. The average Bonchev–Trinajstić information content (AvgIpc) is 2.64. The van der Waals surface area contributed by atoms with E-state index in [0.717, 1.165) is 5.56 Å². The van der Waals surface area contributed by atoms with Crippen LogP contribution in [0.5, 0.6) is 17.2 Å². The second-order valence-electron chi connectivity index (χ2n) is 4.93. The zero-order valence-corrected chi connectivity index (χ0v) is 13.8. The molecule has 124 valence electrons. The first-order valence-electron chi connectivity index (χ1n) is 7.46. The van der Waals surface area contributed by atoms with Gasteiger partial charge in [-0.25, -0.2) is 0 Å². The van der Waals surface area contributed by atoms with Crippen molar-refractivity contribution in [1.82, 2.24) is 0 Å². The second-order valence-corrected chi connectivity index (χ2v) is 4.93. The summed E-state index contributed by atoms with van der Waals surface area (Å²) in [6.45, 7) is 4.01. The molecule has 0 saturated carbocycles. The monoisotopic (exact) mass is 324 g/mol. The summed E-state index contributed by atoms with van der Waals surface area (Å²) in [5.74, 6) is 1.94. The summed E-state index contributed by atoms with van der Waals surface area (Å²) in [4.78, 5) is 12.3. The minimum Gasteiger partial charge on any atom is -0.497 e. The Bertz CT molecular complexity index is 730. The minimum atomic E-state index is -0.0943. The number of carbonyl (C=O) groups is 1. The SMILES string of the molecule is C=CCOc1cc(OC)ccc1C=CC(=O)c1ccc(OC)cc1. The van der Waals surface area contributed by atoms with E-state index in [2.05, 4.69) is 6.58 Å². The lowest BCUT2D eigenvalue weighted by atomic mass is 10.1. The number of allylic oxidation sites excluding steroid dienone is 1. The van der Waals surface area contributed by atoms with E-state index in [9.17, 15) is 4.79 Å². The molecule has 0 saturated heterocycles. The molecule has 24 heavy (non-hydrogen) atoms. The van der Waals surface area contributed by atoms with Crippen LogP contribution >= 0.6 is 0 Å². The first-order chi connectivity index (χ1) is 11.7. The van der Waals surface area contributed by atoms with E-state index >= 15 is 0 Å². The van der Waals surface area contributed by atoms with Crippen LogP contribution in [0.25, 0.3) is 6.08 Å². The fourth-order valence-corrected chi connectivity index (χ4v) is 2.07. The average molecular weight is 324 g/mol. The van der Waals surface area contributed by atoms with Crippen molar-refractivity contribution in [3.63, 3.8) is 0 Å². The molecule has 0 radical (unpaired) electrons. The summed E-state index contributed by atoms with van der Waals surface area (Å²) < 4.78 is 15.9. The van der Waals surface area contributed by atoms with Gasteiger partial charge in [0.2, 0.25) is 0 Å². The Morgan fingerprint density at radius 1 is 1.04 bits per heavy atom. The van der Waals surface area contributed by atoms with Gasteiger partial charge in [-0.2, -0.15) is 0 Å². The van der Waals surface area contributed by atoms with Crippen LogP contribution in [0.1, 0.15) is 15.9 Å². The lowest BCUT2D eigenvalue weighted by molar-refractivity contribution is 0.104. The van der Waals surface area contributed by atoms with Crippen LogP contribution in [-0.2, 0) is 0 Å². The lowest BCUT2D eigenvalue weighted by Gasteiger charge is -2.09. The van der Waals surface area contributed by atoms with E-state index in [-0.39, 0.29) is 5.78 Å². The standard InChI is InChI=1S/C20H20O4/c1-4-13-24-20-14-18(23-3)11-7-16(20)8-12-19(21)15-5-9-17(22-2)10-6-15/h4-12,14H,1,13H2,2-3H3. The van der Waals surface area contributed by atoms with Gasteiger partial charge in [0, 0.05) is 17.2 Å². The zero-order valence-electron chi connectivity index (χ0n) is 13.8. The Kier molecular flexibility index (Phi) is 6.20. The third-order valence-corrected chi connectivity index (χ3v) is 3.37. The van der Waals surface area contributed by atoms with Gasteiger partial charge in [0.1, 0.15) is 23.9 Å². The van der Waals surface area contributed by atoms with Gasteiger partial charge >= 0.3 is 0 Å². The molecule has 0 atom stereocenters. The summed E-state index contributed by atoms with van der Waals surface area (Å²) in [7, 11) is 3.18. The lowest BCUT2D eigenvalue weighted by Crippen LogP contribution is -1.97. The predicted molar refractivity (Wildman–Crippen MR) is 95.0 cm³/mol. The fraction of sp³-hybridized carbons (Fsp3) is 0.150. The van der Waals surface area contributed by atoms with Gasteiger partial charge < -0.3 is 14.2 Å². The van der Waals surface area contributed by atoms with E-state index < -0.39 is 0 Å². The summed E-state index contributed by atoms with van der Waals surface area (Å²) in [5.41, 5.74) is 1.38. The van der Waals surface area contributed by atoms with Gasteiger partial charge in [-0.1, -0.05) is 12.7 Å². The van der Waals surface area contributed by atoms with Crippen molar-refractivity contribution < 1.29 is 19.0 Å². The molecule has 0 aliphatic carbocycles. The molecule has 0 aliphatic rings. The van der Waals surface area contributed by atoms with Crippen LogP contribution in [0, 0.1) is 0 Å². The molecule has 0 aliphatic heterocycles. The van der Waals surface area contributed by atoms with Crippen molar-refractivity contribution in [2.24, 2.45) is 0 Å². The molecule has 0 unspecified atom stereocenters. The van der Waals surface area contributed by atoms with Crippen LogP contribution in [0.4, 0.5) is 0 Å². The molecule has 0 heterocycles. The number of methoxy groups -OCH3 is 2. The third-order valence-electron chi connectivity index (χ3n) is 3.37. The van der Waals surface area contributed by atoms with Gasteiger partial charge in [-0.15, -0.1) is 0 Å². The topological polar surface area (TPSA) is 44.8 Å². The van der Waals surface area contributed by atoms with Crippen molar-refractivity contribution in [3.05, 3.63) is 72.3 Å². The molecule has 2 rings (SSSR count). The number of benzene rings is 2. The molecule has 4 heteroatoms. The Morgan fingerprint density at radius 2 is 1.71 bits per heavy atom. The number of hydrogen-bond donors (Lipinski definition) is 0. The number of rotatable bonds is 8. The summed E-state index contributed by atoms with van der Waals surface area (Å²) in [5, 5.41) is 0. The minimum absolute atomic E-state index is 0.0943. The fourth-order valence-electron chi connectivity index (χ4n) is 2.07. The van der Waals surface area contributed by atoms with Crippen LogP contribution in [0.15, 0.2) is 61.2 Å². The molecule has 0 spiro atoms. The first-order valence-corrected chi connectivity index (χ1v) is 7.46. The van der Waals surface area contributed by atoms with Crippen molar-refractivity contribution in [2.45, 2.75) is 0 Å². The number of ketones is 1. The maximum atomic E-state index is 12.3. The Balaban J connectivity index is 2.19.